The number of piperazine rings is 1. The molecule has 1 aliphatic heterocycles. The molecule has 120 valence electrons. The zero-order valence-corrected chi connectivity index (χ0v) is 13.2. The quantitative estimate of drug-likeness (QED) is 0.925. The van der Waals surface area contributed by atoms with Crippen molar-refractivity contribution >= 4 is 11.3 Å². The Bertz CT molecular complexity index is 465. The first-order chi connectivity index (χ1) is 9.80. The summed E-state index contributed by atoms with van der Waals surface area (Å²) < 4.78 is 37.2. The first-order valence-corrected chi connectivity index (χ1v) is 7.92. The van der Waals surface area contributed by atoms with Gasteiger partial charge in [0.15, 0.2) is 0 Å². The molecule has 1 aromatic rings. The van der Waals surface area contributed by atoms with Crippen molar-refractivity contribution in [3.05, 3.63) is 21.4 Å². The van der Waals surface area contributed by atoms with Crippen LogP contribution in [-0.2, 0) is 0 Å². The Morgan fingerprint density at radius 3 is 2.29 bits per heavy atom. The first-order valence-electron chi connectivity index (χ1n) is 7.10. The number of nitrogens with zero attached hydrogens (tertiary/aromatic N) is 2. The Morgan fingerprint density at radius 2 is 1.86 bits per heavy atom. The monoisotopic (exact) mass is 321 g/mol. The molecule has 0 aliphatic carbocycles. The second-order valence-corrected chi connectivity index (χ2v) is 7.01. The van der Waals surface area contributed by atoms with E-state index in [-0.39, 0.29) is 6.04 Å². The fourth-order valence-corrected chi connectivity index (χ4v) is 3.92. The van der Waals surface area contributed by atoms with Crippen molar-refractivity contribution in [1.82, 2.24) is 9.80 Å². The standard InChI is InChI=1S/C14H22F3N3S/c1-10-7-12(11(2)21-10)13(8-18)20-5-3-19(4-6-20)9-14(15,16)17/h7,13H,3-6,8-9,18H2,1-2H3. The van der Waals surface area contributed by atoms with E-state index in [1.165, 1.54) is 20.2 Å². The van der Waals surface area contributed by atoms with Gasteiger partial charge in [-0.2, -0.15) is 13.2 Å². The van der Waals surface area contributed by atoms with E-state index in [0.717, 1.165) is 0 Å². The average molecular weight is 321 g/mol. The number of hydrogen-bond donors (Lipinski definition) is 1. The zero-order valence-electron chi connectivity index (χ0n) is 12.4. The Kier molecular flexibility index (Phi) is 5.29. The van der Waals surface area contributed by atoms with E-state index >= 15 is 0 Å². The van der Waals surface area contributed by atoms with Crippen LogP contribution < -0.4 is 5.73 Å². The van der Waals surface area contributed by atoms with Crippen molar-refractivity contribution in [3.8, 4) is 0 Å². The molecular formula is C14H22F3N3S. The normalized spacial score (nSPS) is 19.9. The van der Waals surface area contributed by atoms with Gasteiger partial charge in [-0.15, -0.1) is 11.3 Å². The molecule has 21 heavy (non-hydrogen) atoms. The van der Waals surface area contributed by atoms with E-state index in [0.29, 0.717) is 32.7 Å². The van der Waals surface area contributed by atoms with Gasteiger partial charge in [0.1, 0.15) is 0 Å². The number of nitrogens with two attached hydrogens (primary N) is 1. The van der Waals surface area contributed by atoms with Crippen LogP contribution in [0.25, 0.3) is 0 Å². The SMILES string of the molecule is Cc1cc(C(CN)N2CCN(CC(F)(F)F)CC2)c(C)s1. The van der Waals surface area contributed by atoms with Gasteiger partial charge in [0.25, 0.3) is 0 Å². The fraction of sp³-hybridized carbons (Fsp3) is 0.714. The lowest BCUT2D eigenvalue weighted by molar-refractivity contribution is -0.149. The summed E-state index contributed by atoms with van der Waals surface area (Å²) in [5.41, 5.74) is 7.15. The smallest absolute Gasteiger partial charge is 0.329 e. The van der Waals surface area contributed by atoms with Crippen LogP contribution in [-0.4, -0.2) is 55.2 Å². The summed E-state index contributed by atoms with van der Waals surface area (Å²) in [6.07, 6.45) is -4.11. The zero-order chi connectivity index (χ0) is 15.6. The van der Waals surface area contributed by atoms with Crippen molar-refractivity contribution in [2.24, 2.45) is 5.73 Å². The van der Waals surface area contributed by atoms with Crippen LogP contribution in [0.2, 0.25) is 0 Å². The molecule has 7 heteroatoms. The van der Waals surface area contributed by atoms with Crippen molar-refractivity contribution in [2.75, 3.05) is 39.3 Å². The van der Waals surface area contributed by atoms with Crippen LogP contribution in [0, 0.1) is 13.8 Å². The van der Waals surface area contributed by atoms with Gasteiger partial charge in [0, 0.05) is 48.5 Å². The maximum Gasteiger partial charge on any atom is 0.401 e. The lowest BCUT2D eigenvalue weighted by Gasteiger charge is -2.39. The number of halogens is 3. The van der Waals surface area contributed by atoms with Crippen LogP contribution in [0.1, 0.15) is 21.4 Å². The van der Waals surface area contributed by atoms with E-state index in [1.54, 1.807) is 11.3 Å². The highest BCUT2D eigenvalue weighted by Crippen LogP contribution is 2.30. The molecule has 3 nitrogen and oxygen atoms in total. The summed E-state index contributed by atoms with van der Waals surface area (Å²) in [5.74, 6) is 0. The second kappa shape index (κ2) is 6.64. The summed E-state index contributed by atoms with van der Waals surface area (Å²) in [4.78, 5) is 6.18. The van der Waals surface area contributed by atoms with Gasteiger partial charge in [-0.25, -0.2) is 0 Å². The van der Waals surface area contributed by atoms with E-state index in [4.69, 9.17) is 5.73 Å². The molecule has 0 radical (unpaired) electrons. The molecule has 1 saturated heterocycles. The van der Waals surface area contributed by atoms with Gasteiger partial charge >= 0.3 is 6.18 Å². The minimum Gasteiger partial charge on any atom is -0.329 e. The average Bonchev–Trinajstić information content (AvgIpc) is 2.70. The lowest BCUT2D eigenvalue weighted by atomic mass is 10.0. The molecule has 1 fully saturated rings. The van der Waals surface area contributed by atoms with E-state index < -0.39 is 12.7 Å². The van der Waals surface area contributed by atoms with Crippen LogP contribution in [0.15, 0.2) is 6.07 Å². The van der Waals surface area contributed by atoms with Crippen LogP contribution >= 0.6 is 11.3 Å². The summed E-state index contributed by atoms with van der Waals surface area (Å²) >= 11 is 1.74. The molecular weight excluding hydrogens is 299 g/mol. The highest BCUT2D eigenvalue weighted by atomic mass is 32.1. The van der Waals surface area contributed by atoms with E-state index in [2.05, 4.69) is 24.8 Å². The molecule has 1 aliphatic rings. The third-order valence-corrected chi connectivity index (χ3v) is 4.89. The van der Waals surface area contributed by atoms with E-state index in [1.807, 2.05) is 0 Å². The summed E-state index contributed by atoms with van der Waals surface area (Å²) in [5, 5.41) is 0. The lowest BCUT2D eigenvalue weighted by Crippen LogP contribution is -2.51. The third-order valence-electron chi connectivity index (χ3n) is 3.91. The topological polar surface area (TPSA) is 32.5 Å². The fourth-order valence-electron chi connectivity index (χ4n) is 2.94. The summed E-state index contributed by atoms with van der Waals surface area (Å²) in [6, 6.07) is 2.27. The van der Waals surface area contributed by atoms with Gasteiger partial charge in [-0.3, -0.25) is 9.80 Å². The molecule has 0 aromatic carbocycles. The molecule has 2 N–H and O–H groups in total. The first kappa shape index (κ1) is 16.7. The number of aryl methyl sites for hydroxylation is 2. The van der Waals surface area contributed by atoms with Crippen molar-refractivity contribution < 1.29 is 13.2 Å². The predicted octanol–water partition coefficient (Wildman–Crippen LogP) is 2.54. The highest BCUT2D eigenvalue weighted by molar-refractivity contribution is 7.12. The van der Waals surface area contributed by atoms with Gasteiger partial charge in [0.05, 0.1) is 6.54 Å². The van der Waals surface area contributed by atoms with E-state index in [9.17, 15) is 13.2 Å². The molecule has 0 saturated carbocycles. The van der Waals surface area contributed by atoms with Crippen LogP contribution in [0.4, 0.5) is 13.2 Å². The van der Waals surface area contributed by atoms with Gasteiger partial charge < -0.3 is 5.73 Å². The molecule has 2 heterocycles. The molecule has 1 atom stereocenters. The third kappa shape index (κ3) is 4.42. The van der Waals surface area contributed by atoms with Crippen LogP contribution in [0.3, 0.4) is 0 Å². The second-order valence-electron chi connectivity index (χ2n) is 5.55. The Balaban J connectivity index is 1.98. The van der Waals surface area contributed by atoms with Gasteiger partial charge in [-0.1, -0.05) is 0 Å². The van der Waals surface area contributed by atoms with Crippen molar-refractivity contribution in [2.45, 2.75) is 26.1 Å². The van der Waals surface area contributed by atoms with Gasteiger partial charge in [-0.05, 0) is 25.5 Å². The highest BCUT2D eigenvalue weighted by Gasteiger charge is 2.33. The summed E-state index contributed by atoms with van der Waals surface area (Å²) in [7, 11) is 0. The Labute approximate surface area is 127 Å². The molecule has 2 rings (SSSR count). The number of rotatable bonds is 4. The van der Waals surface area contributed by atoms with Crippen molar-refractivity contribution in [3.63, 3.8) is 0 Å². The molecule has 0 spiro atoms. The number of thiophene rings is 1. The maximum atomic E-state index is 12.4. The predicted molar refractivity (Wildman–Crippen MR) is 79.7 cm³/mol. The van der Waals surface area contributed by atoms with Crippen LogP contribution in [0.5, 0.6) is 0 Å². The minimum atomic E-state index is -4.11. The molecule has 0 amide bonds. The largest absolute Gasteiger partial charge is 0.401 e. The van der Waals surface area contributed by atoms with Gasteiger partial charge in [0.2, 0.25) is 0 Å². The molecule has 0 bridgehead atoms. The Morgan fingerprint density at radius 1 is 1.24 bits per heavy atom. The number of hydrogen-bond acceptors (Lipinski definition) is 4. The number of alkyl halides is 3. The van der Waals surface area contributed by atoms with Crippen molar-refractivity contribution in [1.29, 1.82) is 0 Å². The Hall–Kier alpha value is -0.630. The molecule has 1 unspecified atom stereocenters. The molecule has 1 aromatic heterocycles. The minimum absolute atomic E-state index is 0.114. The summed E-state index contributed by atoms with van der Waals surface area (Å²) in [6.45, 7) is 5.97. The maximum absolute atomic E-state index is 12.4.